The van der Waals surface area contributed by atoms with Crippen LogP contribution in [0.2, 0.25) is 0 Å². The first-order chi connectivity index (χ1) is 14.4. The van der Waals surface area contributed by atoms with E-state index in [1.807, 2.05) is 0 Å². The predicted molar refractivity (Wildman–Crippen MR) is 107 cm³/mol. The molecule has 0 amide bonds. The summed E-state index contributed by atoms with van der Waals surface area (Å²) >= 11 is 0. The van der Waals surface area contributed by atoms with Crippen LogP contribution in [0.3, 0.4) is 0 Å². The van der Waals surface area contributed by atoms with Gasteiger partial charge in [0.05, 0.1) is 6.10 Å². The monoisotopic (exact) mass is 419 g/mol. The third-order valence-electron chi connectivity index (χ3n) is 5.97. The number of anilines is 1. The quantitative estimate of drug-likeness (QED) is 0.682. The van der Waals surface area contributed by atoms with Crippen LogP contribution in [0.15, 0.2) is 30.3 Å². The molecule has 0 bridgehead atoms. The lowest BCUT2D eigenvalue weighted by molar-refractivity contribution is -0.138. The zero-order valence-corrected chi connectivity index (χ0v) is 16.5. The van der Waals surface area contributed by atoms with Crippen LogP contribution >= 0.6 is 0 Å². The summed E-state index contributed by atoms with van der Waals surface area (Å²) in [6.45, 7) is 0.787. The molecule has 2 aromatic carbocycles. The molecule has 160 valence electrons. The van der Waals surface area contributed by atoms with E-state index in [0.29, 0.717) is 37.2 Å². The SMILES string of the molecule is O=C(O)CC1CCN(c2c(F)cc(-c3cc(F)cc(OC4CCC4)c3)cc2F)CC1. The first-order valence-corrected chi connectivity index (χ1v) is 10.3. The van der Waals surface area contributed by atoms with E-state index in [2.05, 4.69) is 0 Å². The molecule has 1 saturated carbocycles. The van der Waals surface area contributed by atoms with Gasteiger partial charge in [-0.25, -0.2) is 13.2 Å². The third kappa shape index (κ3) is 4.55. The average molecular weight is 419 g/mol. The van der Waals surface area contributed by atoms with E-state index in [1.165, 1.54) is 24.3 Å². The van der Waals surface area contributed by atoms with Gasteiger partial charge in [0.1, 0.15) is 28.9 Å². The van der Waals surface area contributed by atoms with Gasteiger partial charge in [-0.15, -0.1) is 0 Å². The molecular weight excluding hydrogens is 395 g/mol. The van der Waals surface area contributed by atoms with Crippen LogP contribution in [0.4, 0.5) is 18.9 Å². The zero-order chi connectivity index (χ0) is 21.3. The van der Waals surface area contributed by atoms with Gasteiger partial charge in [0.2, 0.25) is 0 Å². The number of carboxylic acids is 1. The summed E-state index contributed by atoms with van der Waals surface area (Å²) in [7, 11) is 0. The number of rotatable bonds is 6. The summed E-state index contributed by atoms with van der Waals surface area (Å²) in [4.78, 5) is 12.5. The molecule has 30 heavy (non-hydrogen) atoms. The number of benzene rings is 2. The molecule has 2 aliphatic rings. The van der Waals surface area contributed by atoms with Crippen LogP contribution in [0.1, 0.15) is 38.5 Å². The van der Waals surface area contributed by atoms with Gasteiger partial charge in [-0.3, -0.25) is 4.79 Å². The van der Waals surface area contributed by atoms with Gasteiger partial charge >= 0.3 is 5.97 Å². The minimum atomic E-state index is -0.856. The highest BCUT2D eigenvalue weighted by atomic mass is 19.1. The van der Waals surface area contributed by atoms with Crippen molar-refractivity contribution in [2.75, 3.05) is 18.0 Å². The van der Waals surface area contributed by atoms with E-state index in [1.54, 1.807) is 11.0 Å². The normalized spacial score (nSPS) is 17.6. The second kappa shape index (κ2) is 8.58. The lowest BCUT2D eigenvalue weighted by Gasteiger charge is -2.33. The molecule has 0 unspecified atom stereocenters. The summed E-state index contributed by atoms with van der Waals surface area (Å²) in [5, 5.41) is 8.91. The Morgan fingerprint density at radius 2 is 1.60 bits per heavy atom. The number of nitrogens with zero attached hydrogens (tertiary/aromatic N) is 1. The van der Waals surface area contributed by atoms with Gasteiger partial charge in [-0.05, 0) is 73.4 Å². The molecule has 7 heteroatoms. The van der Waals surface area contributed by atoms with Crippen molar-refractivity contribution in [3.05, 3.63) is 47.8 Å². The molecule has 0 aromatic heterocycles. The lowest BCUT2D eigenvalue weighted by atomic mass is 9.93. The average Bonchev–Trinajstić information content (AvgIpc) is 2.64. The summed E-state index contributed by atoms with van der Waals surface area (Å²) < 4.78 is 49.5. The van der Waals surface area contributed by atoms with Crippen molar-refractivity contribution in [2.24, 2.45) is 5.92 Å². The van der Waals surface area contributed by atoms with Crippen LogP contribution in [-0.4, -0.2) is 30.3 Å². The number of hydrogen-bond donors (Lipinski definition) is 1. The molecule has 0 radical (unpaired) electrons. The van der Waals surface area contributed by atoms with Crippen LogP contribution < -0.4 is 9.64 Å². The van der Waals surface area contributed by atoms with Crippen LogP contribution in [0.5, 0.6) is 5.75 Å². The number of piperidine rings is 1. The fourth-order valence-corrected chi connectivity index (χ4v) is 4.12. The molecule has 1 aliphatic heterocycles. The summed E-state index contributed by atoms with van der Waals surface area (Å²) in [6, 6.07) is 6.54. The molecular formula is C23H24F3NO3. The number of halogens is 3. The number of aliphatic carboxylic acids is 1. The minimum Gasteiger partial charge on any atom is -0.490 e. The first-order valence-electron chi connectivity index (χ1n) is 10.3. The van der Waals surface area contributed by atoms with Gasteiger partial charge in [-0.1, -0.05) is 0 Å². The smallest absolute Gasteiger partial charge is 0.303 e. The molecule has 1 aliphatic carbocycles. The maximum Gasteiger partial charge on any atom is 0.303 e. The molecule has 1 saturated heterocycles. The maximum atomic E-state index is 14.9. The molecule has 4 nitrogen and oxygen atoms in total. The lowest BCUT2D eigenvalue weighted by Crippen LogP contribution is -2.35. The zero-order valence-electron chi connectivity index (χ0n) is 16.5. The van der Waals surface area contributed by atoms with E-state index in [0.717, 1.165) is 19.3 Å². The van der Waals surface area contributed by atoms with E-state index in [-0.39, 0.29) is 29.7 Å². The fourth-order valence-electron chi connectivity index (χ4n) is 4.12. The van der Waals surface area contributed by atoms with Crippen molar-refractivity contribution in [3.63, 3.8) is 0 Å². The van der Waals surface area contributed by atoms with Gasteiger partial charge in [0.25, 0.3) is 0 Å². The second-order valence-corrected chi connectivity index (χ2v) is 8.16. The predicted octanol–water partition coefficient (Wildman–Crippen LogP) is 5.39. The van der Waals surface area contributed by atoms with Crippen LogP contribution in [-0.2, 0) is 4.79 Å². The number of carbonyl (C=O) groups is 1. The molecule has 2 aromatic rings. The molecule has 4 rings (SSSR count). The van der Waals surface area contributed by atoms with E-state index in [9.17, 15) is 18.0 Å². The number of hydrogen-bond acceptors (Lipinski definition) is 3. The van der Waals surface area contributed by atoms with Gasteiger partial charge in [0.15, 0.2) is 0 Å². The van der Waals surface area contributed by atoms with Crippen molar-refractivity contribution in [2.45, 2.75) is 44.6 Å². The highest BCUT2D eigenvalue weighted by Crippen LogP contribution is 2.35. The van der Waals surface area contributed by atoms with Crippen molar-refractivity contribution in [3.8, 4) is 16.9 Å². The van der Waals surface area contributed by atoms with E-state index < -0.39 is 23.4 Å². The molecule has 1 heterocycles. The van der Waals surface area contributed by atoms with Gasteiger partial charge in [-0.2, -0.15) is 0 Å². The van der Waals surface area contributed by atoms with Crippen molar-refractivity contribution in [1.82, 2.24) is 0 Å². The minimum absolute atomic E-state index is 0.0190. The maximum absolute atomic E-state index is 14.9. The second-order valence-electron chi connectivity index (χ2n) is 8.16. The fraction of sp³-hybridized carbons (Fsp3) is 0.435. The highest BCUT2D eigenvalue weighted by Gasteiger charge is 2.26. The Morgan fingerprint density at radius 1 is 0.967 bits per heavy atom. The Morgan fingerprint density at radius 3 is 2.17 bits per heavy atom. The Bertz CT molecular complexity index is 914. The molecule has 2 fully saturated rings. The molecule has 0 spiro atoms. The van der Waals surface area contributed by atoms with E-state index >= 15 is 0 Å². The largest absolute Gasteiger partial charge is 0.490 e. The van der Waals surface area contributed by atoms with Crippen molar-refractivity contribution >= 4 is 11.7 Å². The Labute approximate surface area is 173 Å². The Hall–Kier alpha value is -2.70. The highest BCUT2D eigenvalue weighted by molar-refractivity contribution is 5.69. The van der Waals surface area contributed by atoms with Gasteiger partial charge in [0, 0.05) is 25.6 Å². The topological polar surface area (TPSA) is 49.8 Å². The summed E-state index contributed by atoms with van der Waals surface area (Å²) in [6.07, 6.45) is 4.21. The first kappa shape index (κ1) is 20.6. The Kier molecular flexibility index (Phi) is 5.88. The van der Waals surface area contributed by atoms with E-state index in [4.69, 9.17) is 9.84 Å². The number of ether oxygens (including phenoxy) is 1. The number of carboxylic acid groups (broad SMARTS) is 1. The van der Waals surface area contributed by atoms with Crippen LogP contribution in [0.25, 0.3) is 11.1 Å². The molecule has 1 N–H and O–H groups in total. The van der Waals surface area contributed by atoms with Crippen molar-refractivity contribution in [1.29, 1.82) is 0 Å². The Balaban J connectivity index is 1.54. The van der Waals surface area contributed by atoms with Crippen molar-refractivity contribution < 1.29 is 27.8 Å². The summed E-state index contributed by atoms with van der Waals surface area (Å²) in [5.41, 5.74) is 0.483. The third-order valence-corrected chi connectivity index (χ3v) is 5.97. The summed E-state index contributed by atoms with van der Waals surface area (Å²) in [5.74, 6) is -2.43. The molecule has 0 atom stereocenters. The standard InChI is InChI=1S/C23H24F3NO3/c24-17-9-15(10-19(13-17)30-18-2-1-3-18)16-11-20(25)23(21(26)12-16)27-6-4-14(5-7-27)8-22(28)29/h9-14,18H,1-8H2,(H,28,29). The van der Waals surface area contributed by atoms with Gasteiger partial charge < -0.3 is 14.7 Å². The van der Waals surface area contributed by atoms with Crippen LogP contribution in [0, 0.1) is 23.4 Å².